The maximum atomic E-state index is 6.19. The summed E-state index contributed by atoms with van der Waals surface area (Å²) >= 11 is 6.19. The zero-order chi connectivity index (χ0) is 13.8. The highest BCUT2D eigenvalue weighted by atomic mass is 35.5. The molecule has 19 heavy (non-hydrogen) atoms. The summed E-state index contributed by atoms with van der Waals surface area (Å²) in [7, 11) is -0.429. The topological polar surface area (TPSA) is 31.4 Å². The van der Waals surface area contributed by atoms with E-state index in [4.69, 9.17) is 20.9 Å². The zero-order valence-corrected chi connectivity index (χ0v) is 12.6. The van der Waals surface area contributed by atoms with Crippen LogP contribution in [0.25, 0.3) is 0 Å². The number of rotatable bonds is 2. The molecule has 0 unspecified atom stereocenters. The van der Waals surface area contributed by atoms with E-state index in [-0.39, 0.29) is 11.2 Å². The van der Waals surface area contributed by atoms with Crippen LogP contribution < -0.4 is 5.59 Å². The summed E-state index contributed by atoms with van der Waals surface area (Å²) < 4.78 is 12.0. The van der Waals surface area contributed by atoms with Gasteiger partial charge in [0.25, 0.3) is 0 Å². The maximum Gasteiger partial charge on any atom is 0.514 e. The molecule has 1 saturated carbocycles. The summed E-state index contributed by atoms with van der Waals surface area (Å²) in [6, 6.07) is 3.80. The summed E-state index contributed by atoms with van der Waals surface area (Å²) in [5.41, 5.74) is 1.16. The molecule has 2 aliphatic rings. The van der Waals surface area contributed by atoms with Crippen molar-refractivity contribution < 1.29 is 9.31 Å². The lowest BCUT2D eigenvalue weighted by atomic mass is 9.84. The molecule has 3 rings (SSSR count). The van der Waals surface area contributed by atoms with Crippen molar-refractivity contribution in [3.8, 4) is 0 Å². The van der Waals surface area contributed by atoms with E-state index < -0.39 is 7.12 Å². The van der Waals surface area contributed by atoms with Crippen molar-refractivity contribution in [1.29, 1.82) is 0 Å². The Balaban J connectivity index is 1.91. The maximum absolute atomic E-state index is 6.19. The molecular weight excluding hydrogens is 260 g/mol. The van der Waals surface area contributed by atoms with Gasteiger partial charge >= 0.3 is 7.12 Å². The van der Waals surface area contributed by atoms with Crippen LogP contribution in [0.15, 0.2) is 12.1 Å². The summed E-state index contributed by atoms with van der Waals surface area (Å²) in [6.45, 7) is 8.16. The van der Waals surface area contributed by atoms with E-state index in [0.717, 1.165) is 11.3 Å². The van der Waals surface area contributed by atoms with E-state index in [1.807, 2.05) is 39.8 Å². The largest absolute Gasteiger partial charge is 0.514 e. The van der Waals surface area contributed by atoms with Crippen molar-refractivity contribution in [2.45, 2.75) is 57.7 Å². The van der Waals surface area contributed by atoms with Crippen molar-refractivity contribution in [3.05, 3.63) is 22.8 Å². The summed E-state index contributed by atoms with van der Waals surface area (Å²) in [5.74, 6) is 0.569. The monoisotopic (exact) mass is 279 g/mol. The van der Waals surface area contributed by atoms with Gasteiger partial charge in [0, 0.05) is 16.6 Å². The first kappa shape index (κ1) is 13.4. The lowest BCUT2D eigenvalue weighted by Crippen LogP contribution is -2.41. The normalized spacial score (nSPS) is 24.8. The smallest absolute Gasteiger partial charge is 0.398 e. The molecule has 2 fully saturated rings. The third kappa shape index (κ3) is 2.42. The van der Waals surface area contributed by atoms with Gasteiger partial charge in [-0.15, -0.1) is 0 Å². The first-order valence-corrected chi connectivity index (χ1v) is 7.19. The molecule has 102 valence electrons. The lowest BCUT2D eigenvalue weighted by Gasteiger charge is -2.32. The van der Waals surface area contributed by atoms with E-state index in [9.17, 15) is 0 Å². The summed E-state index contributed by atoms with van der Waals surface area (Å²) in [5, 5.41) is 0.710. The molecule has 1 aliphatic carbocycles. The molecule has 0 aromatic carbocycles. The van der Waals surface area contributed by atoms with Gasteiger partial charge in [-0.2, -0.15) is 0 Å². The molecule has 0 spiro atoms. The number of nitrogens with zero attached hydrogens (tertiary/aromatic N) is 1. The van der Waals surface area contributed by atoms with Crippen LogP contribution in [0, 0.1) is 0 Å². The Morgan fingerprint density at radius 3 is 2.26 bits per heavy atom. The third-order valence-corrected chi connectivity index (χ3v) is 4.54. The molecule has 1 aromatic rings. The van der Waals surface area contributed by atoms with Gasteiger partial charge in [-0.1, -0.05) is 11.6 Å². The van der Waals surface area contributed by atoms with E-state index in [0.29, 0.717) is 10.9 Å². The summed E-state index contributed by atoms with van der Waals surface area (Å²) in [6.07, 6.45) is 2.41. The first-order chi connectivity index (χ1) is 8.78. The molecule has 0 bridgehead atoms. The van der Waals surface area contributed by atoms with Crippen LogP contribution in [0.2, 0.25) is 5.02 Å². The number of aromatic nitrogens is 1. The Labute approximate surface area is 119 Å². The van der Waals surface area contributed by atoms with Crippen molar-refractivity contribution in [2.75, 3.05) is 0 Å². The quantitative estimate of drug-likeness (QED) is 0.780. The van der Waals surface area contributed by atoms with Crippen molar-refractivity contribution in [2.24, 2.45) is 0 Å². The van der Waals surface area contributed by atoms with Crippen LogP contribution in [-0.2, 0) is 9.31 Å². The van der Waals surface area contributed by atoms with Crippen LogP contribution in [0.1, 0.15) is 52.1 Å². The van der Waals surface area contributed by atoms with E-state index in [2.05, 4.69) is 4.98 Å². The number of pyridine rings is 1. The lowest BCUT2D eigenvalue weighted by molar-refractivity contribution is 0.00578. The van der Waals surface area contributed by atoms with E-state index in [1.165, 1.54) is 12.8 Å². The second kappa shape index (κ2) is 4.21. The van der Waals surface area contributed by atoms with Gasteiger partial charge in [-0.25, -0.2) is 0 Å². The molecule has 0 amide bonds. The molecule has 5 heteroatoms. The van der Waals surface area contributed by atoms with Crippen molar-refractivity contribution in [1.82, 2.24) is 4.98 Å². The fourth-order valence-corrected chi connectivity index (χ4v) is 2.43. The van der Waals surface area contributed by atoms with Gasteiger partial charge in [0.05, 0.1) is 16.8 Å². The Kier molecular flexibility index (Phi) is 2.97. The zero-order valence-electron chi connectivity index (χ0n) is 11.9. The van der Waals surface area contributed by atoms with Crippen molar-refractivity contribution >= 4 is 24.3 Å². The molecule has 0 atom stereocenters. The summed E-state index contributed by atoms with van der Waals surface area (Å²) in [4.78, 5) is 4.67. The highest BCUT2D eigenvalue weighted by Gasteiger charge is 2.52. The minimum Gasteiger partial charge on any atom is -0.398 e. The minimum absolute atomic E-state index is 0.346. The Bertz CT molecular complexity index is 498. The van der Waals surface area contributed by atoms with Crippen LogP contribution in [0.3, 0.4) is 0 Å². The number of hydrogen-bond donors (Lipinski definition) is 0. The number of halogens is 1. The SMILES string of the molecule is CC1(C)OB(c2cc(Cl)cc(C3CC3)n2)OC1(C)C. The van der Waals surface area contributed by atoms with Gasteiger partial charge in [-0.3, -0.25) is 4.98 Å². The first-order valence-electron chi connectivity index (χ1n) is 6.81. The molecule has 1 aromatic heterocycles. The van der Waals surface area contributed by atoms with Gasteiger partial charge in [0.1, 0.15) is 0 Å². The fraction of sp³-hybridized carbons (Fsp3) is 0.643. The predicted octanol–water partition coefficient (Wildman–Crippen LogP) is 2.91. The minimum atomic E-state index is -0.429. The van der Waals surface area contributed by atoms with Gasteiger partial charge in [-0.05, 0) is 52.7 Å². The highest BCUT2D eigenvalue weighted by Crippen LogP contribution is 2.40. The molecule has 1 saturated heterocycles. The van der Waals surface area contributed by atoms with Crippen LogP contribution >= 0.6 is 11.6 Å². The van der Waals surface area contributed by atoms with E-state index >= 15 is 0 Å². The van der Waals surface area contributed by atoms with Gasteiger partial charge < -0.3 is 9.31 Å². The molecule has 2 heterocycles. The van der Waals surface area contributed by atoms with Gasteiger partial charge in [0.15, 0.2) is 0 Å². The average Bonchev–Trinajstić information content (AvgIpc) is 3.06. The van der Waals surface area contributed by atoms with Crippen LogP contribution in [-0.4, -0.2) is 23.3 Å². The van der Waals surface area contributed by atoms with Crippen LogP contribution in [0.5, 0.6) is 0 Å². The standard InChI is InChI=1S/C14H19BClNO2/c1-13(2)14(3,4)19-15(18-13)12-8-10(16)7-11(17-12)9-5-6-9/h7-9H,5-6H2,1-4H3. The molecular formula is C14H19BClNO2. The molecule has 3 nitrogen and oxygen atoms in total. The second-order valence-corrected chi connectivity index (χ2v) is 6.93. The third-order valence-electron chi connectivity index (χ3n) is 4.32. The van der Waals surface area contributed by atoms with Crippen LogP contribution in [0.4, 0.5) is 0 Å². The Hall–Kier alpha value is -0.575. The van der Waals surface area contributed by atoms with E-state index in [1.54, 1.807) is 0 Å². The fourth-order valence-electron chi connectivity index (χ4n) is 2.21. The molecule has 1 aliphatic heterocycles. The Morgan fingerprint density at radius 2 is 1.74 bits per heavy atom. The van der Waals surface area contributed by atoms with Crippen molar-refractivity contribution in [3.63, 3.8) is 0 Å². The van der Waals surface area contributed by atoms with Gasteiger partial charge in [0.2, 0.25) is 0 Å². The number of hydrogen-bond acceptors (Lipinski definition) is 3. The predicted molar refractivity (Wildman–Crippen MR) is 76.9 cm³/mol. The Morgan fingerprint density at radius 1 is 1.16 bits per heavy atom. The molecule has 0 radical (unpaired) electrons. The second-order valence-electron chi connectivity index (χ2n) is 6.50. The molecule has 0 N–H and O–H groups in total. The highest BCUT2D eigenvalue weighted by molar-refractivity contribution is 6.61. The average molecular weight is 280 g/mol.